The second kappa shape index (κ2) is 6.37. The highest BCUT2D eigenvalue weighted by molar-refractivity contribution is 5.79. The molecule has 0 bridgehead atoms. The molecule has 0 aromatic heterocycles. The van der Waals surface area contributed by atoms with Crippen molar-refractivity contribution in [3.8, 4) is 0 Å². The van der Waals surface area contributed by atoms with Crippen LogP contribution in [0.4, 0.5) is 0 Å². The Balaban J connectivity index is 1.69. The van der Waals surface area contributed by atoms with E-state index in [9.17, 15) is 9.59 Å². The van der Waals surface area contributed by atoms with Crippen LogP contribution in [-0.2, 0) is 14.3 Å². The van der Waals surface area contributed by atoms with E-state index in [1.807, 2.05) is 6.92 Å². The van der Waals surface area contributed by atoms with Gasteiger partial charge in [-0.3, -0.25) is 9.59 Å². The molecule has 0 spiro atoms. The van der Waals surface area contributed by atoms with Gasteiger partial charge in [-0.1, -0.05) is 0 Å². The lowest BCUT2D eigenvalue weighted by molar-refractivity contribution is -0.143. The lowest BCUT2D eigenvalue weighted by Gasteiger charge is -2.26. The first-order valence-electron chi connectivity index (χ1n) is 7.20. The Morgan fingerprint density at radius 3 is 2.42 bits per heavy atom. The second-order valence-electron chi connectivity index (χ2n) is 5.77. The van der Waals surface area contributed by atoms with E-state index in [-0.39, 0.29) is 23.8 Å². The number of carboxylic acids is 1. The first-order chi connectivity index (χ1) is 9.08. The molecule has 2 unspecified atom stereocenters. The lowest BCUT2D eigenvalue weighted by Crippen LogP contribution is -2.38. The van der Waals surface area contributed by atoms with E-state index in [0.29, 0.717) is 19.1 Å². The number of aliphatic carboxylic acids is 1. The minimum atomic E-state index is -0.681. The molecule has 19 heavy (non-hydrogen) atoms. The molecule has 5 nitrogen and oxygen atoms in total. The van der Waals surface area contributed by atoms with Gasteiger partial charge in [0.2, 0.25) is 5.91 Å². The zero-order valence-corrected chi connectivity index (χ0v) is 11.4. The molecule has 2 rings (SSSR count). The molecule has 0 aromatic rings. The van der Waals surface area contributed by atoms with Crippen LogP contribution < -0.4 is 5.32 Å². The number of ether oxygens (including phenoxy) is 1. The fourth-order valence-electron chi connectivity index (χ4n) is 3.07. The molecule has 2 atom stereocenters. The van der Waals surface area contributed by atoms with Crippen LogP contribution in [0.2, 0.25) is 0 Å². The molecule has 1 heterocycles. The van der Waals surface area contributed by atoms with Crippen LogP contribution in [0, 0.1) is 17.8 Å². The maximum absolute atomic E-state index is 12.0. The Morgan fingerprint density at radius 1 is 1.21 bits per heavy atom. The molecule has 1 aliphatic heterocycles. The van der Waals surface area contributed by atoms with Crippen molar-refractivity contribution in [2.45, 2.75) is 45.1 Å². The first kappa shape index (κ1) is 14.3. The largest absolute Gasteiger partial charge is 0.481 e. The highest BCUT2D eigenvalue weighted by Gasteiger charge is 2.31. The van der Waals surface area contributed by atoms with Gasteiger partial charge in [0.15, 0.2) is 0 Å². The normalized spacial score (nSPS) is 35.0. The van der Waals surface area contributed by atoms with E-state index in [1.54, 1.807) is 0 Å². The number of rotatable bonds is 4. The number of hydrogen-bond acceptors (Lipinski definition) is 3. The summed E-state index contributed by atoms with van der Waals surface area (Å²) in [5.41, 5.74) is 0. The van der Waals surface area contributed by atoms with Crippen molar-refractivity contribution in [2.24, 2.45) is 17.8 Å². The average Bonchev–Trinajstić information content (AvgIpc) is 2.83. The zero-order valence-electron chi connectivity index (χ0n) is 11.4. The lowest BCUT2D eigenvalue weighted by atomic mass is 9.82. The number of nitrogens with one attached hydrogen (secondary N) is 1. The Morgan fingerprint density at radius 2 is 1.89 bits per heavy atom. The highest BCUT2D eigenvalue weighted by Crippen LogP contribution is 2.28. The van der Waals surface area contributed by atoms with E-state index in [4.69, 9.17) is 9.84 Å². The van der Waals surface area contributed by atoms with Crippen LogP contribution in [0.1, 0.15) is 39.0 Å². The summed E-state index contributed by atoms with van der Waals surface area (Å²) in [6.45, 7) is 3.28. The Kier molecular flexibility index (Phi) is 4.80. The monoisotopic (exact) mass is 269 g/mol. The van der Waals surface area contributed by atoms with Gasteiger partial charge in [0.1, 0.15) is 0 Å². The molecule has 108 valence electrons. The topological polar surface area (TPSA) is 75.6 Å². The van der Waals surface area contributed by atoms with Gasteiger partial charge in [0, 0.05) is 13.2 Å². The molecule has 1 aliphatic carbocycles. The molecule has 1 saturated heterocycles. The summed E-state index contributed by atoms with van der Waals surface area (Å²) < 4.78 is 5.39. The summed E-state index contributed by atoms with van der Waals surface area (Å²) >= 11 is 0. The number of hydrogen-bond donors (Lipinski definition) is 2. The molecule has 1 amide bonds. The molecule has 2 fully saturated rings. The van der Waals surface area contributed by atoms with E-state index in [1.165, 1.54) is 0 Å². The molecule has 2 aliphatic rings. The van der Waals surface area contributed by atoms with Crippen molar-refractivity contribution in [3.05, 3.63) is 0 Å². The Bertz CT molecular complexity index is 336. The maximum Gasteiger partial charge on any atom is 0.306 e. The van der Waals surface area contributed by atoms with Crippen LogP contribution >= 0.6 is 0 Å². The third-order valence-corrected chi connectivity index (χ3v) is 4.47. The van der Waals surface area contributed by atoms with Gasteiger partial charge in [-0.05, 0) is 44.9 Å². The van der Waals surface area contributed by atoms with Crippen molar-refractivity contribution in [1.29, 1.82) is 0 Å². The summed E-state index contributed by atoms with van der Waals surface area (Å²) in [6, 6.07) is 0. The van der Waals surface area contributed by atoms with Crippen molar-refractivity contribution in [3.63, 3.8) is 0 Å². The SMILES string of the molecule is CC1OCCC1C(=O)NCC1CCC(C(=O)O)CC1. The minimum absolute atomic E-state index is 0.0164. The minimum Gasteiger partial charge on any atom is -0.481 e. The smallest absolute Gasteiger partial charge is 0.306 e. The Hall–Kier alpha value is -1.10. The number of carbonyl (C=O) groups is 2. The third kappa shape index (κ3) is 3.69. The Labute approximate surface area is 113 Å². The van der Waals surface area contributed by atoms with Gasteiger partial charge >= 0.3 is 5.97 Å². The van der Waals surface area contributed by atoms with Crippen LogP contribution in [0.25, 0.3) is 0 Å². The molecule has 0 radical (unpaired) electrons. The third-order valence-electron chi connectivity index (χ3n) is 4.47. The summed E-state index contributed by atoms with van der Waals surface area (Å²) in [7, 11) is 0. The van der Waals surface area contributed by atoms with Crippen molar-refractivity contribution in [1.82, 2.24) is 5.32 Å². The zero-order chi connectivity index (χ0) is 13.8. The molecule has 5 heteroatoms. The number of carboxylic acid groups (broad SMARTS) is 1. The van der Waals surface area contributed by atoms with Gasteiger partial charge in [-0.25, -0.2) is 0 Å². The van der Waals surface area contributed by atoms with Crippen LogP contribution in [0.15, 0.2) is 0 Å². The van der Waals surface area contributed by atoms with Crippen molar-refractivity contribution >= 4 is 11.9 Å². The fraction of sp³-hybridized carbons (Fsp3) is 0.857. The maximum atomic E-state index is 12.0. The van der Waals surface area contributed by atoms with Gasteiger partial charge < -0.3 is 15.2 Å². The molecular formula is C14H23NO4. The summed E-state index contributed by atoms with van der Waals surface area (Å²) in [4.78, 5) is 22.8. The molecule has 1 saturated carbocycles. The van der Waals surface area contributed by atoms with Gasteiger partial charge in [0.25, 0.3) is 0 Å². The van der Waals surface area contributed by atoms with E-state index in [0.717, 1.165) is 32.1 Å². The average molecular weight is 269 g/mol. The fourth-order valence-corrected chi connectivity index (χ4v) is 3.07. The highest BCUT2D eigenvalue weighted by atomic mass is 16.5. The predicted molar refractivity (Wildman–Crippen MR) is 69.6 cm³/mol. The molecule has 0 aromatic carbocycles. The van der Waals surface area contributed by atoms with E-state index < -0.39 is 5.97 Å². The van der Waals surface area contributed by atoms with Crippen LogP contribution in [-0.4, -0.2) is 36.2 Å². The first-order valence-corrected chi connectivity index (χ1v) is 7.20. The quantitative estimate of drug-likeness (QED) is 0.809. The van der Waals surface area contributed by atoms with E-state index >= 15 is 0 Å². The van der Waals surface area contributed by atoms with Crippen molar-refractivity contribution in [2.75, 3.05) is 13.2 Å². The molecular weight excluding hydrogens is 246 g/mol. The van der Waals surface area contributed by atoms with Crippen LogP contribution in [0.3, 0.4) is 0 Å². The van der Waals surface area contributed by atoms with Gasteiger partial charge in [0.05, 0.1) is 17.9 Å². The number of carbonyl (C=O) groups excluding carboxylic acids is 1. The standard InChI is InChI=1S/C14H23NO4/c1-9-12(6-7-19-9)13(16)15-8-10-2-4-11(5-3-10)14(17)18/h9-12H,2-8H2,1H3,(H,15,16)(H,17,18). The summed E-state index contributed by atoms with van der Waals surface area (Å²) in [6.07, 6.45) is 4.08. The second-order valence-corrected chi connectivity index (χ2v) is 5.77. The van der Waals surface area contributed by atoms with Gasteiger partial charge in [-0.2, -0.15) is 0 Å². The van der Waals surface area contributed by atoms with Crippen LogP contribution in [0.5, 0.6) is 0 Å². The summed E-state index contributed by atoms with van der Waals surface area (Å²) in [5.74, 6) is -0.368. The van der Waals surface area contributed by atoms with E-state index in [2.05, 4.69) is 5.32 Å². The number of amides is 1. The van der Waals surface area contributed by atoms with Crippen molar-refractivity contribution < 1.29 is 19.4 Å². The van der Waals surface area contributed by atoms with Gasteiger partial charge in [-0.15, -0.1) is 0 Å². The predicted octanol–water partition coefficient (Wildman–Crippen LogP) is 1.42. The summed E-state index contributed by atoms with van der Waals surface area (Å²) in [5, 5.41) is 11.9. The molecule has 2 N–H and O–H groups in total.